The molecule has 92 valence electrons. The van der Waals surface area contributed by atoms with Crippen LogP contribution in [0.2, 0.25) is 0 Å². The lowest BCUT2D eigenvalue weighted by Crippen LogP contribution is -2.14. The molecule has 0 heterocycles. The van der Waals surface area contributed by atoms with Crippen molar-refractivity contribution in [2.75, 3.05) is 14.2 Å². The fourth-order valence-electron chi connectivity index (χ4n) is 1.57. The number of carbonyl (C=O) groups is 2. The van der Waals surface area contributed by atoms with Crippen molar-refractivity contribution in [2.24, 2.45) is 0 Å². The molecule has 0 amide bonds. The van der Waals surface area contributed by atoms with Crippen LogP contribution in [0.5, 0.6) is 5.75 Å². The van der Waals surface area contributed by atoms with Crippen molar-refractivity contribution in [3.05, 3.63) is 28.8 Å². The third-order valence-corrected chi connectivity index (χ3v) is 2.43. The van der Waals surface area contributed by atoms with Gasteiger partial charge in [-0.25, -0.2) is 9.59 Å². The molecule has 0 aliphatic carbocycles. The zero-order chi connectivity index (χ0) is 13.0. The average Bonchev–Trinajstić information content (AvgIpc) is 2.36. The van der Waals surface area contributed by atoms with Gasteiger partial charge in [-0.3, -0.25) is 0 Å². The Bertz CT molecular complexity index is 450. The topological polar surface area (TPSA) is 72.8 Å². The first-order valence-electron chi connectivity index (χ1n) is 5.08. The standard InChI is InChI=1S/C12H14O5/c1-4-7-5-6-8(13)10(12(15)17-3)9(7)11(14)16-2/h5-6,13H,4H2,1-3H3. The van der Waals surface area contributed by atoms with Gasteiger partial charge in [0.2, 0.25) is 0 Å². The second kappa shape index (κ2) is 5.34. The number of methoxy groups -OCH3 is 2. The van der Waals surface area contributed by atoms with E-state index < -0.39 is 11.9 Å². The van der Waals surface area contributed by atoms with Crippen LogP contribution in [0.25, 0.3) is 0 Å². The van der Waals surface area contributed by atoms with Gasteiger partial charge in [0.25, 0.3) is 0 Å². The maximum atomic E-state index is 11.6. The molecular formula is C12H14O5. The van der Waals surface area contributed by atoms with E-state index in [1.807, 2.05) is 6.92 Å². The first-order chi connectivity index (χ1) is 8.06. The number of aryl methyl sites for hydroxylation is 1. The Hall–Kier alpha value is -2.04. The second-order valence-corrected chi connectivity index (χ2v) is 3.33. The molecule has 0 saturated carbocycles. The van der Waals surface area contributed by atoms with Crippen LogP contribution in [-0.4, -0.2) is 31.3 Å². The average molecular weight is 238 g/mol. The Balaban J connectivity index is 3.53. The third kappa shape index (κ3) is 2.38. The van der Waals surface area contributed by atoms with Gasteiger partial charge < -0.3 is 14.6 Å². The Kier molecular flexibility index (Phi) is 4.09. The van der Waals surface area contributed by atoms with Crippen molar-refractivity contribution in [3.63, 3.8) is 0 Å². The lowest BCUT2D eigenvalue weighted by atomic mass is 9.98. The molecule has 5 nitrogen and oxygen atoms in total. The Morgan fingerprint density at radius 3 is 2.12 bits per heavy atom. The van der Waals surface area contributed by atoms with Crippen LogP contribution in [0.3, 0.4) is 0 Å². The summed E-state index contributed by atoms with van der Waals surface area (Å²) < 4.78 is 9.16. The van der Waals surface area contributed by atoms with E-state index in [1.54, 1.807) is 6.07 Å². The molecule has 0 aliphatic rings. The molecule has 0 radical (unpaired) electrons. The van der Waals surface area contributed by atoms with E-state index in [1.165, 1.54) is 20.3 Å². The molecule has 1 N–H and O–H groups in total. The molecule has 17 heavy (non-hydrogen) atoms. The minimum absolute atomic E-state index is 0.0573. The van der Waals surface area contributed by atoms with Gasteiger partial charge in [0, 0.05) is 0 Å². The van der Waals surface area contributed by atoms with E-state index in [4.69, 9.17) is 0 Å². The largest absolute Gasteiger partial charge is 0.507 e. The fraction of sp³-hybridized carbons (Fsp3) is 0.333. The van der Waals surface area contributed by atoms with Crippen LogP contribution in [0.15, 0.2) is 12.1 Å². The lowest BCUT2D eigenvalue weighted by molar-refractivity contribution is 0.0551. The summed E-state index contributed by atoms with van der Waals surface area (Å²) in [4.78, 5) is 23.2. The third-order valence-electron chi connectivity index (χ3n) is 2.43. The highest BCUT2D eigenvalue weighted by molar-refractivity contribution is 6.06. The van der Waals surface area contributed by atoms with Gasteiger partial charge in [0.1, 0.15) is 11.3 Å². The van der Waals surface area contributed by atoms with Crippen molar-refractivity contribution >= 4 is 11.9 Å². The maximum Gasteiger partial charge on any atom is 0.342 e. The van der Waals surface area contributed by atoms with Crippen molar-refractivity contribution in [1.82, 2.24) is 0 Å². The molecule has 0 atom stereocenters. The molecule has 5 heteroatoms. The van der Waals surface area contributed by atoms with Crippen LogP contribution in [0.1, 0.15) is 33.2 Å². The number of phenolic OH excluding ortho intramolecular Hbond substituents is 1. The summed E-state index contributed by atoms with van der Waals surface area (Å²) in [6.07, 6.45) is 0.536. The Morgan fingerprint density at radius 2 is 1.65 bits per heavy atom. The molecule has 0 aliphatic heterocycles. The first kappa shape index (κ1) is 13.0. The van der Waals surface area contributed by atoms with E-state index in [-0.39, 0.29) is 16.9 Å². The molecule has 1 aromatic carbocycles. The molecule has 0 bridgehead atoms. The van der Waals surface area contributed by atoms with E-state index in [0.717, 1.165) is 0 Å². The zero-order valence-electron chi connectivity index (χ0n) is 9.94. The normalized spacial score (nSPS) is 9.82. The van der Waals surface area contributed by atoms with Crippen LogP contribution in [0.4, 0.5) is 0 Å². The van der Waals surface area contributed by atoms with E-state index in [2.05, 4.69) is 9.47 Å². The number of ether oxygens (including phenoxy) is 2. The number of benzene rings is 1. The van der Waals surface area contributed by atoms with Gasteiger partial charge in [-0.15, -0.1) is 0 Å². The second-order valence-electron chi connectivity index (χ2n) is 3.33. The molecular weight excluding hydrogens is 224 g/mol. The molecule has 1 aromatic rings. The summed E-state index contributed by atoms with van der Waals surface area (Å²) in [6.45, 7) is 1.83. The fourth-order valence-corrected chi connectivity index (χ4v) is 1.57. The minimum Gasteiger partial charge on any atom is -0.507 e. The van der Waals surface area contributed by atoms with E-state index in [9.17, 15) is 14.7 Å². The Morgan fingerprint density at radius 1 is 1.12 bits per heavy atom. The van der Waals surface area contributed by atoms with Crippen LogP contribution >= 0.6 is 0 Å². The summed E-state index contributed by atoms with van der Waals surface area (Å²) in [7, 11) is 2.40. The molecule has 1 rings (SSSR count). The summed E-state index contributed by atoms with van der Waals surface area (Å²) in [5.74, 6) is -1.73. The number of hydrogen-bond donors (Lipinski definition) is 1. The van der Waals surface area contributed by atoms with Gasteiger partial charge in [-0.2, -0.15) is 0 Å². The number of hydrogen-bond acceptors (Lipinski definition) is 5. The van der Waals surface area contributed by atoms with Gasteiger partial charge in [-0.1, -0.05) is 13.0 Å². The van der Waals surface area contributed by atoms with Crippen LogP contribution in [-0.2, 0) is 15.9 Å². The number of carbonyl (C=O) groups excluding carboxylic acids is 2. The maximum absolute atomic E-state index is 11.6. The molecule has 0 spiro atoms. The zero-order valence-corrected chi connectivity index (χ0v) is 9.94. The summed E-state index contributed by atoms with van der Waals surface area (Å²) in [5.41, 5.74) is 0.524. The molecule has 0 fully saturated rings. The van der Waals surface area contributed by atoms with Crippen molar-refractivity contribution < 1.29 is 24.2 Å². The van der Waals surface area contributed by atoms with Crippen molar-refractivity contribution in [3.8, 4) is 5.75 Å². The van der Waals surface area contributed by atoms with Crippen molar-refractivity contribution in [2.45, 2.75) is 13.3 Å². The van der Waals surface area contributed by atoms with E-state index >= 15 is 0 Å². The highest BCUT2D eigenvalue weighted by atomic mass is 16.5. The first-order valence-corrected chi connectivity index (χ1v) is 5.08. The highest BCUT2D eigenvalue weighted by Gasteiger charge is 2.25. The number of rotatable bonds is 3. The number of phenols is 1. The van der Waals surface area contributed by atoms with Gasteiger partial charge in [0.15, 0.2) is 0 Å². The summed E-state index contributed by atoms with van der Waals surface area (Å²) in [6, 6.07) is 2.94. The summed E-state index contributed by atoms with van der Waals surface area (Å²) in [5, 5.41) is 9.65. The minimum atomic E-state index is -0.766. The molecule has 0 aromatic heterocycles. The quantitative estimate of drug-likeness (QED) is 0.808. The summed E-state index contributed by atoms with van der Waals surface area (Å²) >= 11 is 0. The van der Waals surface area contributed by atoms with E-state index in [0.29, 0.717) is 12.0 Å². The van der Waals surface area contributed by atoms with Gasteiger partial charge in [-0.05, 0) is 18.1 Å². The smallest absolute Gasteiger partial charge is 0.342 e. The van der Waals surface area contributed by atoms with Crippen LogP contribution in [0, 0.1) is 0 Å². The highest BCUT2D eigenvalue weighted by Crippen LogP contribution is 2.26. The monoisotopic (exact) mass is 238 g/mol. The molecule has 0 saturated heterocycles. The van der Waals surface area contributed by atoms with Gasteiger partial charge in [0.05, 0.1) is 19.8 Å². The predicted octanol–water partition coefficient (Wildman–Crippen LogP) is 1.53. The molecule has 0 unspecified atom stereocenters. The van der Waals surface area contributed by atoms with Crippen LogP contribution < -0.4 is 0 Å². The number of aromatic hydroxyl groups is 1. The Labute approximate surface area is 99.0 Å². The van der Waals surface area contributed by atoms with Gasteiger partial charge >= 0.3 is 11.9 Å². The van der Waals surface area contributed by atoms with Crippen molar-refractivity contribution in [1.29, 1.82) is 0 Å². The predicted molar refractivity (Wildman–Crippen MR) is 60.2 cm³/mol. The SMILES string of the molecule is CCc1ccc(O)c(C(=O)OC)c1C(=O)OC. The lowest BCUT2D eigenvalue weighted by Gasteiger charge is -2.12. The number of esters is 2.